The molecular weight excluding hydrogens is 308 g/mol. The maximum atomic E-state index is 12.2. The highest BCUT2D eigenvalue weighted by atomic mass is 32.2. The Balaban J connectivity index is 1.56. The normalized spacial score (nSPS) is 27.0. The summed E-state index contributed by atoms with van der Waals surface area (Å²) in [5.74, 6) is 0.910. The van der Waals surface area contributed by atoms with E-state index in [4.69, 9.17) is 0 Å². The summed E-state index contributed by atoms with van der Waals surface area (Å²) < 4.78 is 23.4. The lowest BCUT2D eigenvalue weighted by atomic mass is 10.0. The van der Waals surface area contributed by atoms with E-state index in [0.717, 1.165) is 30.9 Å². The fourth-order valence-corrected chi connectivity index (χ4v) is 5.70. The number of anilines is 1. The summed E-state index contributed by atoms with van der Waals surface area (Å²) >= 11 is 1.58. The quantitative estimate of drug-likeness (QED) is 0.837. The van der Waals surface area contributed by atoms with Crippen molar-refractivity contribution < 1.29 is 13.2 Å². The van der Waals surface area contributed by atoms with Crippen LogP contribution < -0.4 is 4.90 Å². The molecule has 0 aliphatic carbocycles. The van der Waals surface area contributed by atoms with Crippen LogP contribution in [0, 0.1) is 5.92 Å². The van der Waals surface area contributed by atoms with Crippen molar-refractivity contribution in [3.8, 4) is 0 Å². The van der Waals surface area contributed by atoms with Gasteiger partial charge in [0.15, 0.2) is 9.84 Å². The summed E-state index contributed by atoms with van der Waals surface area (Å²) in [5, 5.41) is 2.97. The molecule has 0 spiro atoms. The van der Waals surface area contributed by atoms with Crippen LogP contribution in [0.5, 0.6) is 0 Å². The highest BCUT2D eigenvalue weighted by Gasteiger charge is 2.30. The SMILES string of the molecule is O=C1CN(C[C@H]2CCCS(=O)(=O)C2)CCN1c1cccs1. The van der Waals surface area contributed by atoms with E-state index in [1.807, 2.05) is 22.4 Å². The van der Waals surface area contributed by atoms with Gasteiger partial charge in [0.2, 0.25) is 5.91 Å². The largest absolute Gasteiger partial charge is 0.301 e. The molecule has 0 radical (unpaired) electrons. The molecule has 1 aromatic heterocycles. The van der Waals surface area contributed by atoms with Gasteiger partial charge < -0.3 is 4.90 Å². The number of thiophene rings is 1. The summed E-state index contributed by atoms with van der Waals surface area (Å²) in [4.78, 5) is 16.2. The van der Waals surface area contributed by atoms with Gasteiger partial charge in [0.25, 0.3) is 0 Å². The Kier molecular flexibility index (Phi) is 4.33. The molecule has 0 N–H and O–H groups in total. The summed E-state index contributed by atoms with van der Waals surface area (Å²) in [7, 11) is -2.86. The Labute approximate surface area is 129 Å². The van der Waals surface area contributed by atoms with Gasteiger partial charge in [-0.3, -0.25) is 9.69 Å². The first kappa shape index (κ1) is 15.0. The molecule has 21 heavy (non-hydrogen) atoms. The number of sulfone groups is 1. The first-order valence-electron chi connectivity index (χ1n) is 7.30. The molecule has 116 valence electrons. The molecule has 1 amide bonds. The lowest BCUT2D eigenvalue weighted by Gasteiger charge is -2.36. The third-order valence-electron chi connectivity index (χ3n) is 4.15. The molecule has 0 bridgehead atoms. The maximum Gasteiger partial charge on any atom is 0.241 e. The molecular formula is C14H20N2O3S2. The molecule has 3 heterocycles. The van der Waals surface area contributed by atoms with Gasteiger partial charge in [0.1, 0.15) is 0 Å². The predicted molar refractivity (Wildman–Crippen MR) is 84.5 cm³/mol. The molecule has 2 saturated heterocycles. The number of hydrogen-bond donors (Lipinski definition) is 0. The minimum Gasteiger partial charge on any atom is -0.301 e. The number of piperazine rings is 1. The number of amides is 1. The molecule has 2 aliphatic heterocycles. The average molecular weight is 328 g/mol. The summed E-state index contributed by atoms with van der Waals surface area (Å²) in [6.07, 6.45) is 1.72. The Morgan fingerprint density at radius 2 is 2.19 bits per heavy atom. The van der Waals surface area contributed by atoms with Crippen molar-refractivity contribution in [2.24, 2.45) is 5.92 Å². The monoisotopic (exact) mass is 328 g/mol. The third-order valence-corrected chi connectivity index (χ3v) is 6.93. The van der Waals surface area contributed by atoms with Crippen molar-refractivity contribution >= 4 is 32.1 Å². The molecule has 7 heteroatoms. The van der Waals surface area contributed by atoms with Crippen LogP contribution in [0.2, 0.25) is 0 Å². The Morgan fingerprint density at radius 1 is 1.33 bits per heavy atom. The first-order chi connectivity index (χ1) is 10.0. The lowest BCUT2D eigenvalue weighted by Crippen LogP contribution is -2.52. The van der Waals surface area contributed by atoms with Gasteiger partial charge in [-0.1, -0.05) is 0 Å². The maximum absolute atomic E-state index is 12.2. The van der Waals surface area contributed by atoms with E-state index >= 15 is 0 Å². The minimum absolute atomic E-state index is 0.113. The summed E-state index contributed by atoms with van der Waals surface area (Å²) in [6.45, 7) is 2.64. The van der Waals surface area contributed by atoms with Gasteiger partial charge in [-0.2, -0.15) is 0 Å². The van der Waals surface area contributed by atoms with E-state index < -0.39 is 9.84 Å². The van der Waals surface area contributed by atoms with E-state index in [2.05, 4.69) is 4.90 Å². The topological polar surface area (TPSA) is 57.7 Å². The number of carbonyl (C=O) groups is 1. The van der Waals surface area contributed by atoms with Crippen LogP contribution in [0.3, 0.4) is 0 Å². The third kappa shape index (κ3) is 3.64. The Morgan fingerprint density at radius 3 is 2.86 bits per heavy atom. The second-order valence-corrected chi connectivity index (χ2v) is 9.01. The molecule has 1 aromatic rings. The number of nitrogens with zero attached hydrogens (tertiary/aromatic N) is 2. The second-order valence-electron chi connectivity index (χ2n) is 5.85. The van der Waals surface area contributed by atoms with E-state index in [1.54, 1.807) is 11.3 Å². The summed E-state index contributed by atoms with van der Waals surface area (Å²) in [6, 6.07) is 3.92. The molecule has 2 aliphatic rings. The van der Waals surface area contributed by atoms with Crippen LogP contribution in [0.15, 0.2) is 17.5 Å². The van der Waals surface area contributed by atoms with Crippen LogP contribution >= 0.6 is 11.3 Å². The van der Waals surface area contributed by atoms with Crippen molar-refractivity contribution in [1.29, 1.82) is 0 Å². The Hall–Kier alpha value is -0.920. The standard InChI is InChI=1S/C14H20N2O3S2/c17-13-10-15(5-6-16(13)14-4-1-7-20-14)9-12-3-2-8-21(18,19)11-12/h1,4,7,12H,2-3,5-6,8-11H2/t12-/m1/s1. The van der Waals surface area contributed by atoms with Gasteiger partial charge in [0, 0.05) is 19.6 Å². The lowest BCUT2D eigenvalue weighted by molar-refractivity contribution is -0.121. The molecule has 5 nitrogen and oxygen atoms in total. The van der Waals surface area contributed by atoms with E-state index in [9.17, 15) is 13.2 Å². The van der Waals surface area contributed by atoms with Crippen molar-refractivity contribution in [2.45, 2.75) is 12.8 Å². The Bertz CT molecular complexity index is 598. The van der Waals surface area contributed by atoms with Gasteiger partial charge in [-0.25, -0.2) is 8.42 Å². The van der Waals surface area contributed by atoms with Crippen LogP contribution in [0.1, 0.15) is 12.8 Å². The van der Waals surface area contributed by atoms with Crippen LogP contribution in [0.25, 0.3) is 0 Å². The smallest absolute Gasteiger partial charge is 0.241 e. The van der Waals surface area contributed by atoms with Crippen molar-refractivity contribution in [2.75, 3.05) is 42.6 Å². The van der Waals surface area contributed by atoms with Crippen molar-refractivity contribution in [3.05, 3.63) is 17.5 Å². The first-order valence-corrected chi connectivity index (χ1v) is 10.0. The molecule has 3 rings (SSSR count). The zero-order valence-corrected chi connectivity index (χ0v) is 13.5. The molecule has 0 aromatic carbocycles. The minimum atomic E-state index is -2.86. The highest BCUT2D eigenvalue weighted by Crippen LogP contribution is 2.24. The van der Waals surface area contributed by atoms with Crippen LogP contribution in [0.4, 0.5) is 5.00 Å². The van der Waals surface area contributed by atoms with Crippen LogP contribution in [-0.4, -0.2) is 56.9 Å². The van der Waals surface area contributed by atoms with Gasteiger partial charge in [-0.05, 0) is 36.3 Å². The zero-order chi connectivity index (χ0) is 14.9. The van der Waals surface area contributed by atoms with Gasteiger partial charge >= 0.3 is 0 Å². The fourth-order valence-electron chi connectivity index (χ4n) is 3.16. The number of carbonyl (C=O) groups excluding carboxylic acids is 1. The number of hydrogen-bond acceptors (Lipinski definition) is 5. The van der Waals surface area contributed by atoms with E-state index in [-0.39, 0.29) is 17.6 Å². The van der Waals surface area contributed by atoms with E-state index in [0.29, 0.717) is 18.8 Å². The summed E-state index contributed by atoms with van der Waals surface area (Å²) in [5.41, 5.74) is 0. The van der Waals surface area contributed by atoms with Crippen molar-refractivity contribution in [1.82, 2.24) is 4.90 Å². The van der Waals surface area contributed by atoms with Crippen molar-refractivity contribution in [3.63, 3.8) is 0 Å². The predicted octanol–water partition coefficient (Wildman–Crippen LogP) is 1.22. The average Bonchev–Trinajstić information content (AvgIpc) is 2.91. The van der Waals surface area contributed by atoms with E-state index in [1.165, 1.54) is 0 Å². The van der Waals surface area contributed by atoms with Gasteiger partial charge in [-0.15, -0.1) is 11.3 Å². The molecule has 1 atom stereocenters. The van der Waals surface area contributed by atoms with Crippen LogP contribution in [-0.2, 0) is 14.6 Å². The van der Waals surface area contributed by atoms with Gasteiger partial charge in [0.05, 0.1) is 23.1 Å². The fraction of sp³-hybridized carbons (Fsp3) is 0.643. The highest BCUT2D eigenvalue weighted by molar-refractivity contribution is 7.91. The molecule has 0 saturated carbocycles. The number of rotatable bonds is 3. The molecule has 0 unspecified atom stereocenters. The zero-order valence-electron chi connectivity index (χ0n) is 11.9. The molecule has 2 fully saturated rings. The second kappa shape index (κ2) is 6.06.